The Labute approximate surface area is 108 Å². The topological polar surface area (TPSA) is 40.5 Å². The highest BCUT2D eigenvalue weighted by molar-refractivity contribution is 5.89. The maximum atomic E-state index is 10.9. The summed E-state index contributed by atoms with van der Waals surface area (Å²) in [6.07, 6.45) is 2.54. The van der Waals surface area contributed by atoms with Crippen LogP contribution in [0.5, 0.6) is 0 Å². The fraction of sp³-hybridized carbons (Fsp3) is 0.533. The second kappa shape index (κ2) is 5.53. The van der Waals surface area contributed by atoms with Crippen molar-refractivity contribution < 1.29 is 9.90 Å². The second-order valence-corrected chi connectivity index (χ2v) is 5.41. The van der Waals surface area contributed by atoms with Crippen LogP contribution in [0, 0.1) is 12.8 Å². The lowest BCUT2D eigenvalue weighted by Crippen LogP contribution is -2.32. The summed E-state index contributed by atoms with van der Waals surface area (Å²) in [5, 5.41) is 9.00. The maximum absolute atomic E-state index is 10.9. The van der Waals surface area contributed by atoms with Gasteiger partial charge in [-0.15, -0.1) is 0 Å². The number of aromatic carboxylic acids is 1. The van der Waals surface area contributed by atoms with E-state index in [0.717, 1.165) is 31.1 Å². The average molecular weight is 247 g/mol. The Morgan fingerprint density at radius 2 is 2.06 bits per heavy atom. The summed E-state index contributed by atoms with van der Waals surface area (Å²) in [7, 11) is 0. The van der Waals surface area contributed by atoms with Gasteiger partial charge in [-0.25, -0.2) is 4.79 Å². The predicted molar refractivity (Wildman–Crippen MR) is 71.8 cm³/mol. The van der Waals surface area contributed by atoms with E-state index in [4.69, 9.17) is 5.11 Å². The molecule has 1 N–H and O–H groups in total. The van der Waals surface area contributed by atoms with Crippen molar-refractivity contribution in [2.45, 2.75) is 33.2 Å². The van der Waals surface area contributed by atoms with Crippen molar-refractivity contribution in [2.75, 3.05) is 13.1 Å². The van der Waals surface area contributed by atoms with E-state index >= 15 is 0 Å². The first kappa shape index (κ1) is 13.1. The van der Waals surface area contributed by atoms with E-state index in [1.54, 1.807) is 6.07 Å². The monoisotopic (exact) mass is 247 g/mol. The van der Waals surface area contributed by atoms with Crippen molar-refractivity contribution in [3.63, 3.8) is 0 Å². The third kappa shape index (κ3) is 3.10. The van der Waals surface area contributed by atoms with Crippen LogP contribution < -0.4 is 0 Å². The first-order valence-electron chi connectivity index (χ1n) is 6.61. The van der Waals surface area contributed by atoms with Crippen LogP contribution in [-0.2, 0) is 6.54 Å². The molecule has 3 heteroatoms. The minimum atomic E-state index is -0.842. The number of aryl methyl sites for hydroxylation is 1. The van der Waals surface area contributed by atoms with E-state index in [1.807, 2.05) is 19.1 Å². The van der Waals surface area contributed by atoms with Gasteiger partial charge in [0.1, 0.15) is 0 Å². The summed E-state index contributed by atoms with van der Waals surface area (Å²) >= 11 is 0. The molecule has 3 nitrogen and oxygen atoms in total. The summed E-state index contributed by atoms with van der Waals surface area (Å²) in [5.74, 6) is 0.00298. The predicted octanol–water partition coefficient (Wildman–Crippen LogP) is 2.93. The zero-order valence-corrected chi connectivity index (χ0v) is 11.1. The van der Waals surface area contributed by atoms with Crippen LogP contribution in [0.4, 0.5) is 0 Å². The standard InChI is InChI=1S/C15H21NO2/c1-11-5-7-16(8-6-11)10-13-3-4-14(15(17)18)12(2)9-13/h3-4,9,11H,5-8,10H2,1-2H3,(H,17,18). The van der Waals surface area contributed by atoms with E-state index in [9.17, 15) is 4.79 Å². The number of benzene rings is 1. The molecular weight excluding hydrogens is 226 g/mol. The number of likely N-dealkylation sites (tertiary alicyclic amines) is 1. The number of hydrogen-bond acceptors (Lipinski definition) is 2. The van der Waals surface area contributed by atoms with Gasteiger partial charge >= 0.3 is 5.97 Å². The van der Waals surface area contributed by atoms with Gasteiger partial charge in [-0.05, 0) is 56.0 Å². The van der Waals surface area contributed by atoms with Gasteiger partial charge in [0.25, 0.3) is 0 Å². The molecule has 0 unspecified atom stereocenters. The number of rotatable bonds is 3. The van der Waals surface area contributed by atoms with Gasteiger partial charge < -0.3 is 5.11 Å². The van der Waals surface area contributed by atoms with Crippen molar-refractivity contribution in [1.82, 2.24) is 4.90 Å². The number of carboxylic acids is 1. The molecule has 1 aliphatic heterocycles. The summed E-state index contributed by atoms with van der Waals surface area (Å²) in [4.78, 5) is 13.4. The molecule has 0 radical (unpaired) electrons. The van der Waals surface area contributed by atoms with E-state index in [2.05, 4.69) is 11.8 Å². The van der Waals surface area contributed by atoms with Crippen molar-refractivity contribution in [3.05, 3.63) is 34.9 Å². The Balaban J connectivity index is 2.02. The van der Waals surface area contributed by atoms with E-state index in [-0.39, 0.29) is 0 Å². The van der Waals surface area contributed by atoms with Gasteiger partial charge in [0.05, 0.1) is 5.56 Å². The molecule has 0 bridgehead atoms. The molecule has 1 heterocycles. The first-order chi connectivity index (χ1) is 8.56. The molecule has 98 valence electrons. The van der Waals surface area contributed by atoms with Crippen molar-refractivity contribution in [3.8, 4) is 0 Å². The van der Waals surface area contributed by atoms with Crippen molar-refractivity contribution >= 4 is 5.97 Å². The molecule has 0 amide bonds. The summed E-state index contributed by atoms with van der Waals surface area (Å²) in [6, 6.07) is 5.66. The minimum absolute atomic E-state index is 0.408. The number of piperidine rings is 1. The maximum Gasteiger partial charge on any atom is 0.335 e. The number of nitrogens with zero attached hydrogens (tertiary/aromatic N) is 1. The normalized spacial score (nSPS) is 17.9. The molecule has 1 aromatic rings. The van der Waals surface area contributed by atoms with Crippen LogP contribution >= 0.6 is 0 Å². The fourth-order valence-electron chi connectivity index (χ4n) is 2.54. The summed E-state index contributed by atoms with van der Waals surface area (Å²) in [5.41, 5.74) is 2.48. The SMILES string of the molecule is Cc1cc(CN2CCC(C)CC2)ccc1C(=O)O. The quantitative estimate of drug-likeness (QED) is 0.892. The molecule has 18 heavy (non-hydrogen) atoms. The van der Waals surface area contributed by atoms with Crippen LogP contribution in [0.2, 0.25) is 0 Å². The Morgan fingerprint density at radius 1 is 1.39 bits per heavy atom. The molecule has 0 atom stereocenters. The van der Waals surface area contributed by atoms with Crippen molar-refractivity contribution in [1.29, 1.82) is 0 Å². The molecule has 0 aromatic heterocycles. The Bertz CT molecular complexity index is 434. The smallest absolute Gasteiger partial charge is 0.335 e. The Kier molecular flexibility index (Phi) is 4.02. The van der Waals surface area contributed by atoms with Gasteiger partial charge in [-0.3, -0.25) is 4.90 Å². The highest BCUT2D eigenvalue weighted by Gasteiger charge is 2.16. The molecule has 0 spiro atoms. The summed E-state index contributed by atoms with van der Waals surface area (Å²) in [6.45, 7) is 7.42. The zero-order valence-electron chi connectivity index (χ0n) is 11.1. The lowest BCUT2D eigenvalue weighted by molar-refractivity contribution is 0.0696. The highest BCUT2D eigenvalue weighted by Crippen LogP contribution is 2.19. The third-order valence-corrected chi connectivity index (χ3v) is 3.80. The lowest BCUT2D eigenvalue weighted by atomic mass is 9.98. The van der Waals surface area contributed by atoms with Gasteiger partial charge in [-0.1, -0.05) is 19.1 Å². The van der Waals surface area contributed by atoms with Crippen molar-refractivity contribution in [2.24, 2.45) is 5.92 Å². The molecule has 0 aliphatic carbocycles. The molecule has 1 saturated heterocycles. The van der Waals surface area contributed by atoms with Crippen LogP contribution in [0.15, 0.2) is 18.2 Å². The Morgan fingerprint density at radius 3 is 2.61 bits per heavy atom. The lowest BCUT2D eigenvalue weighted by Gasteiger charge is -2.30. The molecule has 1 aromatic carbocycles. The van der Waals surface area contributed by atoms with Gasteiger partial charge in [0, 0.05) is 6.54 Å². The molecule has 2 rings (SSSR count). The number of carboxylic acid groups (broad SMARTS) is 1. The number of hydrogen-bond donors (Lipinski definition) is 1. The van der Waals surface area contributed by atoms with E-state index in [1.165, 1.54) is 18.4 Å². The van der Waals surface area contributed by atoms with Crippen LogP contribution in [0.3, 0.4) is 0 Å². The van der Waals surface area contributed by atoms with Gasteiger partial charge in [0.15, 0.2) is 0 Å². The fourth-order valence-corrected chi connectivity index (χ4v) is 2.54. The van der Waals surface area contributed by atoms with Gasteiger partial charge in [-0.2, -0.15) is 0 Å². The Hall–Kier alpha value is -1.35. The van der Waals surface area contributed by atoms with Crippen LogP contribution in [0.25, 0.3) is 0 Å². The van der Waals surface area contributed by atoms with Crippen LogP contribution in [-0.4, -0.2) is 29.1 Å². The van der Waals surface area contributed by atoms with E-state index in [0.29, 0.717) is 5.56 Å². The zero-order chi connectivity index (χ0) is 13.1. The van der Waals surface area contributed by atoms with E-state index < -0.39 is 5.97 Å². The second-order valence-electron chi connectivity index (χ2n) is 5.41. The molecule has 1 aliphatic rings. The first-order valence-corrected chi connectivity index (χ1v) is 6.61. The highest BCUT2D eigenvalue weighted by atomic mass is 16.4. The molecule has 0 saturated carbocycles. The number of carbonyl (C=O) groups is 1. The summed E-state index contributed by atoms with van der Waals surface area (Å²) < 4.78 is 0. The molecule has 1 fully saturated rings. The third-order valence-electron chi connectivity index (χ3n) is 3.80. The largest absolute Gasteiger partial charge is 0.478 e. The van der Waals surface area contributed by atoms with Crippen LogP contribution in [0.1, 0.15) is 41.3 Å². The van der Waals surface area contributed by atoms with Gasteiger partial charge in [0.2, 0.25) is 0 Å². The average Bonchev–Trinajstić information content (AvgIpc) is 2.32. The minimum Gasteiger partial charge on any atom is -0.478 e. The molecular formula is C15H21NO2.